The zero-order valence-corrected chi connectivity index (χ0v) is 14.6. The summed E-state index contributed by atoms with van der Waals surface area (Å²) in [5.74, 6) is 0. The molecule has 0 heterocycles. The summed E-state index contributed by atoms with van der Waals surface area (Å²) in [5, 5.41) is 11.7. The molecule has 0 spiro atoms. The molecule has 136 valence electrons. The van der Waals surface area contributed by atoms with E-state index in [0.29, 0.717) is 18.7 Å². The second-order valence-corrected chi connectivity index (χ2v) is 4.20. The van der Waals surface area contributed by atoms with Crippen LogP contribution in [0, 0.1) is 0 Å². The Bertz CT molecular complexity index is 412. The van der Waals surface area contributed by atoms with E-state index >= 15 is 0 Å². The Morgan fingerprint density at radius 1 is 1.17 bits per heavy atom. The Labute approximate surface area is 137 Å². The quantitative estimate of drug-likeness (QED) is 0.545. The predicted octanol–water partition coefficient (Wildman–Crippen LogP) is 5.10. The fourth-order valence-electron chi connectivity index (χ4n) is 1.78. The first-order chi connectivity index (χ1) is 10.9. The van der Waals surface area contributed by atoms with Crippen molar-refractivity contribution in [3.8, 4) is 0 Å². The van der Waals surface area contributed by atoms with Gasteiger partial charge in [0.1, 0.15) is 0 Å². The van der Waals surface area contributed by atoms with Gasteiger partial charge in [0.25, 0.3) is 0 Å². The lowest BCUT2D eigenvalue weighted by Gasteiger charge is -2.19. The van der Waals surface area contributed by atoms with Gasteiger partial charge in [0, 0.05) is 11.7 Å². The van der Waals surface area contributed by atoms with Gasteiger partial charge in [-0.25, -0.2) is 0 Å². The number of hydrogen-bond acceptors (Lipinski definition) is 4. The number of nitrogens with two attached hydrogens (primary N) is 1. The number of benzene rings is 1. The number of alkyl halides is 3. The lowest BCUT2D eigenvalue weighted by atomic mass is 10.1. The molecule has 5 N–H and O–H groups in total. The third-order valence-corrected chi connectivity index (χ3v) is 2.82. The molecule has 0 fully saturated rings. The van der Waals surface area contributed by atoms with Crippen LogP contribution >= 0.6 is 0 Å². The van der Waals surface area contributed by atoms with Gasteiger partial charge >= 0.3 is 6.18 Å². The van der Waals surface area contributed by atoms with Crippen LogP contribution in [0.4, 0.5) is 24.5 Å². The van der Waals surface area contributed by atoms with Gasteiger partial charge in [-0.15, -0.1) is 0 Å². The van der Waals surface area contributed by atoms with Gasteiger partial charge in [0.2, 0.25) is 0 Å². The molecule has 1 unspecified atom stereocenters. The van der Waals surface area contributed by atoms with Crippen LogP contribution in [0.3, 0.4) is 0 Å². The van der Waals surface area contributed by atoms with Gasteiger partial charge in [-0.2, -0.15) is 13.2 Å². The van der Waals surface area contributed by atoms with Gasteiger partial charge in [-0.3, -0.25) is 10.7 Å². The Balaban J connectivity index is 0. The van der Waals surface area contributed by atoms with E-state index in [1.165, 1.54) is 12.1 Å². The van der Waals surface area contributed by atoms with E-state index in [-0.39, 0.29) is 11.7 Å². The monoisotopic (exact) mass is 337 g/mol. The fourth-order valence-corrected chi connectivity index (χ4v) is 1.78. The number of nitrogens with one attached hydrogen (secondary N) is 2. The summed E-state index contributed by atoms with van der Waals surface area (Å²) in [5.41, 5.74) is 6.06. The fraction of sp³-hybridized carbons (Fsp3) is 0.625. The van der Waals surface area contributed by atoms with Crippen LogP contribution in [0.2, 0.25) is 0 Å². The van der Waals surface area contributed by atoms with Crippen LogP contribution in [0.5, 0.6) is 0 Å². The van der Waals surface area contributed by atoms with Crippen LogP contribution in [0.1, 0.15) is 53.0 Å². The highest BCUT2D eigenvalue weighted by atomic mass is 19.4. The number of hydrogen-bond donors (Lipinski definition) is 4. The standard InChI is InChI=1S/C12H18F3N3O.2C2H6/c1-2-8(5-6-16)17-9-3-4-11(18-19)10(7-9)12(13,14)15;2*1-2/h3-4,7-8,17-19H,2,5-6,16H2,1H3;2*1-2H3. The molecule has 0 radical (unpaired) electrons. The van der Waals surface area contributed by atoms with E-state index in [9.17, 15) is 13.2 Å². The van der Waals surface area contributed by atoms with Crippen LogP contribution in [0.15, 0.2) is 18.2 Å². The number of halogens is 3. The van der Waals surface area contributed by atoms with Crippen LogP contribution in [-0.2, 0) is 6.18 Å². The van der Waals surface area contributed by atoms with Crippen molar-refractivity contribution in [2.75, 3.05) is 17.3 Å². The van der Waals surface area contributed by atoms with Gasteiger partial charge in [-0.05, 0) is 37.6 Å². The lowest BCUT2D eigenvalue weighted by molar-refractivity contribution is -0.137. The summed E-state index contributed by atoms with van der Waals surface area (Å²) in [6, 6.07) is 3.66. The molecule has 0 aliphatic carbocycles. The largest absolute Gasteiger partial charge is 0.418 e. The molecule has 0 saturated carbocycles. The van der Waals surface area contributed by atoms with Crippen molar-refractivity contribution >= 4 is 11.4 Å². The van der Waals surface area contributed by atoms with Gasteiger partial charge in [0.15, 0.2) is 0 Å². The molecular formula is C16H30F3N3O. The second-order valence-electron chi connectivity index (χ2n) is 4.20. The van der Waals surface area contributed by atoms with Gasteiger partial charge in [0.05, 0.1) is 11.3 Å². The van der Waals surface area contributed by atoms with E-state index in [4.69, 9.17) is 10.9 Å². The molecule has 7 heteroatoms. The summed E-state index contributed by atoms with van der Waals surface area (Å²) in [6.07, 6.45) is -3.09. The Kier molecular flexibility index (Phi) is 13.5. The minimum Gasteiger partial charge on any atom is -0.382 e. The molecule has 1 aromatic carbocycles. The smallest absolute Gasteiger partial charge is 0.382 e. The van der Waals surface area contributed by atoms with Crippen LogP contribution in [0.25, 0.3) is 0 Å². The highest BCUT2D eigenvalue weighted by Crippen LogP contribution is 2.36. The molecule has 0 saturated heterocycles. The first kappa shape index (κ1) is 23.8. The minimum absolute atomic E-state index is 0.0269. The molecule has 23 heavy (non-hydrogen) atoms. The molecule has 1 atom stereocenters. The van der Waals surface area contributed by atoms with Crippen LogP contribution < -0.4 is 16.5 Å². The molecule has 1 rings (SSSR count). The van der Waals surface area contributed by atoms with Gasteiger partial charge in [-0.1, -0.05) is 34.6 Å². The molecule has 0 aromatic heterocycles. The van der Waals surface area contributed by atoms with E-state index in [1.54, 1.807) is 5.48 Å². The number of anilines is 2. The van der Waals surface area contributed by atoms with Gasteiger partial charge < -0.3 is 11.1 Å². The zero-order chi connectivity index (χ0) is 18.5. The summed E-state index contributed by atoms with van der Waals surface area (Å²) >= 11 is 0. The zero-order valence-electron chi connectivity index (χ0n) is 14.6. The summed E-state index contributed by atoms with van der Waals surface area (Å²) < 4.78 is 38.4. The summed E-state index contributed by atoms with van der Waals surface area (Å²) in [7, 11) is 0. The first-order valence-corrected chi connectivity index (χ1v) is 8.00. The topological polar surface area (TPSA) is 70.3 Å². The molecule has 1 aromatic rings. The third kappa shape index (κ3) is 8.66. The maximum Gasteiger partial charge on any atom is 0.418 e. The number of rotatable bonds is 6. The average Bonchev–Trinajstić information content (AvgIpc) is 2.57. The van der Waals surface area contributed by atoms with Crippen molar-refractivity contribution in [1.29, 1.82) is 0 Å². The van der Waals surface area contributed by atoms with E-state index in [2.05, 4.69) is 5.32 Å². The van der Waals surface area contributed by atoms with E-state index < -0.39 is 11.7 Å². The Hall–Kier alpha value is -1.47. The maximum absolute atomic E-state index is 12.8. The molecule has 0 aliphatic rings. The summed E-state index contributed by atoms with van der Waals surface area (Å²) in [6.45, 7) is 10.4. The van der Waals surface area contributed by atoms with Crippen molar-refractivity contribution in [2.45, 2.75) is 59.7 Å². The lowest BCUT2D eigenvalue weighted by Crippen LogP contribution is -2.22. The van der Waals surface area contributed by atoms with E-state index in [1.807, 2.05) is 34.6 Å². The first-order valence-electron chi connectivity index (χ1n) is 8.00. The van der Waals surface area contributed by atoms with Crippen molar-refractivity contribution < 1.29 is 18.4 Å². The third-order valence-electron chi connectivity index (χ3n) is 2.82. The highest BCUT2D eigenvalue weighted by molar-refractivity contribution is 5.60. The van der Waals surface area contributed by atoms with Crippen LogP contribution in [-0.4, -0.2) is 17.8 Å². The highest BCUT2D eigenvalue weighted by Gasteiger charge is 2.34. The normalized spacial score (nSPS) is 11.4. The van der Waals surface area contributed by atoms with Crippen molar-refractivity contribution in [3.05, 3.63) is 23.8 Å². The SMILES string of the molecule is CC.CC.CCC(CCN)Nc1ccc(NO)c(C(F)(F)F)c1. The van der Waals surface area contributed by atoms with Crippen molar-refractivity contribution in [3.63, 3.8) is 0 Å². The Morgan fingerprint density at radius 2 is 1.74 bits per heavy atom. The van der Waals surface area contributed by atoms with Crippen molar-refractivity contribution in [2.24, 2.45) is 5.73 Å². The predicted molar refractivity (Wildman–Crippen MR) is 90.9 cm³/mol. The second kappa shape index (κ2) is 13.0. The Morgan fingerprint density at radius 3 is 2.13 bits per heavy atom. The summed E-state index contributed by atoms with van der Waals surface area (Å²) in [4.78, 5) is 0. The minimum atomic E-state index is -4.53. The van der Waals surface area contributed by atoms with Crippen molar-refractivity contribution in [1.82, 2.24) is 0 Å². The molecule has 0 aliphatic heterocycles. The average molecular weight is 337 g/mol. The molecule has 4 nitrogen and oxygen atoms in total. The molecular weight excluding hydrogens is 307 g/mol. The maximum atomic E-state index is 12.8. The molecule has 0 amide bonds. The van der Waals surface area contributed by atoms with E-state index in [0.717, 1.165) is 12.5 Å². The molecule has 0 bridgehead atoms.